The summed E-state index contributed by atoms with van der Waals surface area (Å²) < 4.78 is 2.15. The summed E-state index contributed by atoms with van der Waals surface area (Å²) in [5.74, 6) is 1.68. The van der Waals surface area contributed by atoms with Gasteiger partial charge in [0.2, 0.25) is 0 Å². The van der Waals surface area contributed by atoms with E-state index in [1.807, 2.05) is 42.5 Å². The van der Waals surface area contributed by atoms with Crippen molar-refractivity contribution in [1.29, 1.82) is 0 Å². The maximum absolute atomic E-state index is 12.8. The fourth-order valence-corrected chi connectivity index (χ4v) is 3.80. The molecule has 0 saturated carbocycles. The van der Waals surface area contributed by atoms with Gasteiger partial charge < -0.3 is 9.88 Å². The molecule has 0 bridgehead atoms. The molecule has 0 radical (unpaired) electrons. The first-order valence-electron chi connectivity index (χ1n) is 9.77. The normalized spacial score (nSPS) is 16.2. The van der Waals surface area contributed by atoms with Crippen LogP contribution < -0.4 is 5.32 Å². The number of nitrogens with zero attached hydrogens (tertiary/aromatic N) is 5. The van der Waals surface area contributed by atoms with Gasteiger partial charge in [-0.05, 0) is 37.1 Å². The van der Waals surface area contributed by atoms with Crippen LogP contribution in [0, 0.1) is 0 Å². The van der Waals surface area contributed by atoms with Gasteiger partial charge in [0.25, 0.3) is 5.91 Å². The minimum absolute atomic E-state index is 0.0720. The first-order chi connectivity index (χ1) is 14.3. The lowest BCUT2D eigenvalue weighted by Gasteiger charge is -2.16. The zero-order chi connectivity index (χ0) is 19.6. The van der Waals surface area contributed by atoms with Crippen LogP contribution in [0.3, 0.4) is 0 Å². The first kappa shape index (κ1) is 17.5. The van der Waals surface area contributed by atoms with E-state index in [0.29, 0.717) is 5.69 Å². The summed E-state index contributed by atoms with van der Waals surface area (Å²) in [5.41, 5.74) is 2.28. The van der Waals surface area contributed by atoms with Crippen molar-refractivity contribution in [3.8, 4) is 11.4 Å². The third-order valence-electron chi connectivity index (χ3n) is 5.35. The average molecular weight is 384 g/mol. The highest BCUT2D eigenvalue weighted by Crippen LogP contribution is 2.22. The molecule has 3 aromatic heterocycles. The standard InChI is InChI=1S/C22H20N6O/c29-22(19-7-5-15-3-1-2-4-18(15)25-19)24-17-6-8-20-26-27-21(28(20)14-11-17)16-9-12-23-13-10-16/h1-5,7,9-10,12-13,17H,6,8,11,14H2,(H,24,29). The van der Waals surface area contributed by atoms with E-state index < -0.39 is 0 Å². The molecule has 1 aliphatic rings. The predicted octanol–water partition coefficient (Wildman–Crippen LogP) is 3.02. The number of hydrogen-bond acceptors (Lipinski definition) is 5. The molecule has 1 aliphatic heterocycles. The van der Waals surface area contributed by atoms with Crippen LogP contribution in [-0.4, -0.2) is 36.7 Å². The van der Waals surface area contributed by atoms with Crippen molar-refractivity contribution in [2.24, 2.45) is 0 Å². The Morgan fingerprint density at radius 3 is 2.76 bits per heavy atom. The van der Waals surface area contributed by atoms with Crippen LogP contribution in [0.25, 0.3) is 22.3 Å². The number of pyridine rings is 2. The minimum atomic E-state index is -0.132. The molecular formula is C22H20N6O. The second-order valence-corrected chi connectivity index (χ2v) is 7.21. The topological polar surface area (TPSA) is 85.6 Å². The summed E-state index contributed by atoms with van der Waals surface area (Å²) in [4.78, 5) is 21.3. The number of nitrogens with one attached hydrogen (secondary N) is 1. The summed E-state index contributed by atoms with van der Waals surface area (Å²) in [6, 6.07) is 15.5. The molecule has 1 unspecified atom stereocenters. The number of hydrogen-bond donors (Lipinski definition) is 1. The van der Waals surface area contributed by atoms with Gasteiger partial charge in [0.1, 0.15) is 11.5 Å². The Morgan fingerprint density at radius 2 is 1.86 bits per heavy atom. The van der Waals surface area contributed by atoms with E-state index in [-0.39, 0.29) is 11.9 Å². The molecule has 0 aliphatic carbocycles. The van der Waals surface area contributed by atoms with Crippen LogP contribution >= 0.6 is 0 Å². The highest BCUT2D eigenvalue weighted by molar-refractivity contribution is 5.95. The van der Waals surface area contributed by atoms with Gasteiger partial charge in [-0.15, -0.1) is 10.2 Å². The van der Waals surface area contributed by atoms with Crippen LogP contribution in [-0.2, 0) is 13.0 Å². The molecule has 0 saturated heterocycles. The summed E-state index contributed by atoms with van der Waals surface area (Å²) in [5, 5.41) is 12.9. The minimum Gasteiger partial charge on any atom is -0.348 e. The number of benzene rings is 1. The lowest BCUT2D eigenvalue weighted by molar-refractivity contribution is 0.0928. The zero-order valence-electron chi connectivity index (χ0n) is 15.8. The monoisotopic (exact) mass is 384 g/mol. The maximum atomic E-state index is 12.8. The SMILES string of the molecule is O=C(NC1CCc2nnc(-c3ccncc3)n2CC1)c1ccc2ccccc2n1. The fourth-order valence-electron chi connectivity index (χ4n) is 3.80. The van der Waals surface area contributed by atoms with E-state index in [1.54, 1.807) is 18.5 Å². The van der Waals surface area contributed by atoms with Crippen molar-refractivity contribution >= 4 is 16.8 Å². The van der Waals surface area contributed by atoms with Crippen molar-refractivity contribution < 1.29 is 4.79 Å². The molecule has 7 heteroatoms. The lowest BCUT2D eigenvalue weighted by atomic mass is 10.1. The molecular weight excluding hydrogens is 364 g/mol. The summed E-state index contributed by atoms with van der Waals surface area (Å²) >= 11 is 0. The Labute approximate surface area is 167 Å². The maximum Gasteiger partial charge on any atom is 0.270 e. The zero-order valence-corrected chi connectivity index (χ0v) is 15.8. The van der Waals surface area contributed by atoms with E-state index in [4.69, 9.17) is 0 Å². The Kier molecular flexibility index (Phi) is 4.48. The number of carbonyl (C=O) groups is 1. The van der Waals surface area contributed by atoms with E-state index >= 15 is 0 Å². The Morgan fingerprint density at radius 1 is 1.00 bits per heavy atom. The molecule has 29 heavy (non-hydrogen) atoms. The molecule has 1 aromatic carbocycles. The van der Waals surface area contributed by atoms with Gasteiger partial charge in [-0.1, -0.05) is 24.3 Å². The predicted molar refractivity (Wildman–Crippen MR) is 109 cm³/mol. The molecule has 0 fully saturated rings. The Balaban J connectivity index is 1.31. The number of carbonyl (C=O) groups excluding carboxylic acids is 1. The smallest absolute Gasteiger partial charge is 0.270 e. The van der Waals surface area contributed by atoms with Crippen LogP contribution in [0.1, 0.15) is 29.2 Å². The second-order valence-electron chi connectivity index (χ2n) is 7.21. The van der Waals surface area contributed by atoms with E-state index in [9.17, 15) is 4.79 Å². The van der Waals surface area contributed by atoms with Gasteiger partial charge in [0, 0.05) is 42.4 Å². The van der Waals surface area contributed by atoms with Crippen LogP contribution in [0.4, 0.5) is 0 Å². The lowest BCUT2D eigenvalue weighted by Crippen LogP contribution is -2.35. The van der Waals surface area contributed by atoms with Crippen molar-refractivity contribution in [3.05, 3.63) is 72.4 Å². The molecule has 1 N–H and O–H groups in total. The molecule has 5 rings (SSSR count). The van der Waals surface area contributed by atoms with Gasteiger partial charge in [-0.25, -0.2) is 4.98 Å². The van der Waals surface area contributed by atoms with Gasteiger partial charge in [-0.3, -0.25) is 9.78 Å². The van der Waals surface area contributed by atoms with Gasteiger partial charge in [0.15, 0.2) is 5.82 Å². The Hall–Kier alpha value is -3.61. The fraction of sp³-hybridized carbons (Fsp3) is 0.227. The van der Waals surface area contributed by atoms with Crippen molar-refractivity contribution in [1.82, 2.24) is 30.0 Å². The van der Waals surface area contributed by atoms with Crippen LogP contribution in [0.15, 0.2) is 60.9 Å². The highest BCUT2D eigenvalue weighted by atomic mass is 16.1. The van der Waals surface area contributed by atoms with E-state index in [1.165, 1.54) is 0 Å². The number of rotatable bonds is 3. The summed E-state index contributed by atoms with van der Waals surface area (Å²) in [7, 11) is 0. The number of aryl methyl sites for hydroxylation is 1. The van der Waals surface area contributed by atoms with Crippen molar-refractivity contribution in [2.45, 2.75) is 31.8 Å². The van der Waals surface area contributed by atoms with Crippen molar-refractivity contribution in [3.63, 3.8) is 0 Å². The molecule has 0 spiro atoms. The molecule has 4 aromatic rings. The second kappa shape index (κ2) is 7.43. The van der Waals surface area contributed by atoms with Crippen LogP contribution in [0.5, 0.6) is 0 Å². The largest absolute Gasteiger partial charge is 0.348 e. The molecule has 144 valence electrons. The number of amides is 1. The number of para-hydroxylation sites is 1. The number of aromatic nitrogens is 5. The molecule has 4 heterocycles. The van der Waals surface area contributed by atoms with Crippen LogP contribution in [0.2, 0.25) is 0 Å². The van der Waals surface area contributed by atoms with Gasteiger partial charge in [-0.2, -0.15) is 0 Å². The average Bonchev–Trinajstić information content (AvgIpc) is 3.08. The summed E-state index contributed by atoms with van der Waals surface area (Å²) in [6.45, 7) is 0.760. The summed E-state index contributed by atoms with van der Waals surface area (Å²) in [6.07, 6.45) is 5.94. The van der Waals surface area contributed by atoms with Gasteiger partial charge in [0.05, 0.1) is 5.52 Å². The Bertz CT molecular complexity index is 1170. The highest BCUT2D eigenvalue weighted by Gasteiger charge is 2.22. The molecule has 1 atom stereocenters. The molecule has 1 amide bonds. The molecule has 7 nitrogen and oxygen atoms in total. The third kappa shape index (κ3) is 3.47. The quantitative estimate of drug-likeness (QED) is 0.587. The van der Waals surface area contributed by atoms with E-state index in [0.717, 1.165) is 53.9 Å². The van der Waals surface area contributed by atoms with Crippen molar-refractivity contribution in [2.75, 3.05) is 0 Å². The third-order valence-corrected chi connectivity index (χ3v) is 5.35. The number of fused-ring (bicyclic) bond motifs is 2. The van der Waals surface area contributed by atoms with E-state index in [2.05, 4.69) is 30.0 Å². The first-order valence-corrected chi connectivity index (χ1v) is 9.77. The van der Waals surface area contributed by atoms with Gasteiger partial charge >= 0.3 is 0 Å².